The number of rotatable bonds is 8. The van der Waals surface area contributed by atoms with Crippen molar-refractivity contribution in [1.82, 2.24) is 10.2 Å². The van der Waals surface area contributed by atoms with Crippen LogP contribution in [0.25, 0.3) is 0 Å². The van der Waals surface area contributed by atoms with Crippen LogP contribution in [0.2, 0.25) is 0 Å². The molecule has 3 aliphatic carbocycles. The van der Waals surface area contributed by atoms with Crippen LogP contribution in [-0.4, -0.2) is 36.6 Å². The summed E-state index contributed by atoms with van der Waals surface area (Å²) in [6.45, 7) is 8.77. The van der Waals surface area contributed by atoms with Gasteiger partial charge >= 0.3 is 0 Å². The molecule has 0 aromatic rings. The van der Waals surface area contributed by atoms with Crippen LogP contribution in [0.1, 0.15) is 65.2 Å². The van der Waals surface area contributed by atoms with Crippen LogP contribution in [-0.2, 0) is 0 Å². The van der Waals surface area contributed by atoms with E-state index in [1.807, 2.05) is 0 Å². The number of nitrogens with one attached hydrogen (secondary N) is 1. The summed E-state index contributed by atoms with van der Waals surface area (Å²) in [4.78, 5) is 2.79. The van der Waals surface area contributed by atoms with E-state index in [4.69, 9.17) is 0 Å². The summed E-state index contributed by atoms with van der Waals surface area (Å²) in [5.74, 6) is 1.03. The van der Waals surface area contributed by atoms with E-state index in [1.165, 1.54) is 71.0 Å². The summed E-state index contributed by atoms with van der Waals surface area (Å²) in [5, 5.41) is 3.83. The second-order valence-corrected chi connectivity index (χ2v) is 7.83. The molecule has 0 amide bonds. The van der Waals surface area contributed by atoms with E-state index in [2.05, 4.69) is 24.1 Å². The van der Waals surface area contributed by atoms with Crippen LogP contribution >= 0.6 is 0 Å². The minimum Gasteiger partial charge on any atom is -0.313 e. The van der Waals surface area contributed by atoms with Crippen LogP contribution in [0.15, 0.2) is 0 Å². The van der Waals surface area contributed by atoms with Gasteiger partial charge in [-0.05, 0) is 63.7 Å². The zero-order chi connectivity index (χ0) is 13.3. The first-order valence-corrected chi connectivity index (χ1v) is 8.64. The molecule has 0 unspecified atom stereocenters. The highest BCUT2D eigenvalue weighted by atomic mass is 15.2. The van der Waals surface area contributed by atoms with Gasteiger partial charge in [-0.25, -0.2) is 0 Å². The highest BCUT2D eigenvalue weighted by molar-refractivity contribution is 4.94. The molecule has 2 heteroatoms. The highest BCUT2D eigenvalue weighted by Gasteiger charge is 2.38. The van der Waals surface area contributed by atoms with Gasteiger partial charge in [-0.1, -0.05) is 12.8 Å². The maximum atomic E-state index is 3.83. The molecule has 1 N–H and O–H groups in total. The Kier molecular flexibility index (Phi) is 4.19. The van der Waals surface area contributed by atoms with Gasteiger partial charge in [0.05, 0.1) is 0 Å². The van der Waals surface area contributed by atoms with Gasteiger partial charge in [0, 0.05) is 31.7 Å². The molecule has 0 aliphatic heterocycles. The van der Waals surface area contributed by atoms with Crippen LogP contribution in [0.5, 0.6) is 0 Å². The number of hydrogen-bond acceptors (Lipinski definition) is 2. The van der Waals surface area contributed by atoms with E-state index in [-0.39, 0.29) is 0 Å². The first-order chi connectivity index (χ1) is 9.17. The largest absolute Gasteiger partial charge is 0.313 e. The van der Waals surface area contributed by atoms with Crippen LogP contribution < -0.4 is 5.32 Å². The summed E-state index contributed by atoms with van der Waals surface area (Å²) < 4.78 is 0. The number of nitrogens with zero attached hydrogens (tertiary/aromatic N) is 1. The number of hydrogen-bond donors (Lipinski definition) is 1. The van der Waals surface area contributed by atoms with E-state index >= 15 is 0 Å². The van der Waals surface area contributed by atoms with E-state index in [0.717, 1.165) is 18.0 Å². The summed E-state index contributed by atoms with van der Waals surface area (Å²) in [7, 11) is 0. The Hall–Kier alpha value is -0.0800. The molecular formula is C17H32N2. The lowest BCUT2D eigenvalue weighted by molar-refractivity contribution is 0.116. The van der Waals surface area contributed by atoms with E-state index in [1.54, 1.807) is 0 Å². The van der Waals surface area contributed by atoms with Crippen molar-refractivity contribution in [3.05, 3.63) is 0 Å². The van der Waals surface area contributed by atoms with Gasteiger partial charge in [-0.15, -0.1) is 0 Å². The molecule has 3 saturated carbocycles. The quantitative estimate of drug-likeness (QED) is 0.722. The lowest BCUT2D eigenvalue weighted by Crippen LogP contribution is -2.46. The van der Waals surface area contributed by atoms with Crippen LogP contribution in [0.3, 0.4) is 0 Å². The third-order valence-electron chi connectivity index (χ3n) is 5.47. The Labute approximate surface area is 119 Å². The van der Waals surface area contributed by atoms with Gasteiger partial charge < -0.3 is 10.2 Å². The summed E-state index contributed by atoms with van der Waals surface area (Å²) in [6, 6.07) is 1.59. The average Bonchev–Trinajstić information content (AvgIpc) is 3.29. The van der Waals surface area contributed by atoms with Gasteiger partial charge in [0.1, 0.15) is 0 Å². The molecule has 0 bridgehead atoms. The highest BCUT2D eigenvalue weighted by Crippen LogP contribution is 2.40. The summed E-state index contributed by atoms with van der Waals surface area (Å²) >= 11 is 0. The first-order valence-electron chi connectivity index (χ1n) is 8.64. The lowest BCUT2D eigenvalue weighted by Gasteiger charge is -2.38. The molecule has 0 heterocycles. The molecule has 0 aromatic carbocycles. The third-order valence-corrected chi connectivity index (χ3v) is 5.47. The van der Waals surface area contributed by atoms with Crippen molar-refractivity contribution in [3.8, 4) is 0 Å². The molecule has 3 fully saturated rings. The smallest absolute Gasteiger partial charge is 0.00684 e. The SMILES string of the molecule is CC(C)N(CC1CC1)CC1(CNC2CC2)CCCC1. The Balaban J connectivity index is 1.57. The van der Waals surface area contributed by atoms with E-state index in [0.29, 0.717) is 5.41 Å². The maximum absolute atomic E-state index is 3.83. The minimum atomic E-state index is 0.599. The van der Waals surface area contributed by atoms with Gasteiger partial charge in [0.2, 0.25) is 0 Å². The molecule has 3 rings (SSSR count). The monoisotopic (exact) mass is 264 g/mol. The van der Waals surface area contributed by atoms with Crippen molar-refractivity contribution in [3.63, 3.8) is 0 Å². The second-order valence-electron chi connectivity index (χ2n) is 7.83. The fourth-order valence-corrected chi connectivity index (χ4v) is 3.68. The van der Waals surface area contributed by atoms with E-state index in [9.17, 15) is 0 Å². The van der Waals surface area contributed by atoms with Gasteiger partial charge in [0.25, 0.3) is 0 Å². The molecule has 0 spiro atoms. The van der Waals surface area contributed by atoms with Crippen molar-refractivity contribution >= 4 is 0 Å². The van der Waals surface area contributed by atoms with Crippen molar-refractivity contribution in [2.45, 2.75) is 77.3 Å². The molecule has 2 nitrogen and oxygen atoms in total. The molecule has 3 aliphatic rings. The van der Waals surface area contributed by atoms with Crippen molar-refractivity contribution in [1.29, 1.82) is 0 Å². The first kappa shape index (κ1) is 13.9. The van der Waals surface area contributed by atoms with Crippen molar-refractivity contribution < 1.29 is 0 Å². The molecule has 110 valence electrons. The Morgan fingerprint density at radius 3 is 2.32 bits per heavy atom. The molecule has 0 aromatic heterocycles. The second kappa shape index (κ2) is 5.73. The van der Waals surface area contributed by atoms with E-state index < -0.39 is 0 Å². The molecule has 0 atom stereocenters. The third kappa shape index (κ3) is 3.95. The van der Waals surface area contributed by atoms with Gasteiger partial charge in [-0.2, -0.15) is 0 Å². The fraction of sp³-hybridized carbons (Fsp3) is 1.00. The predicted molar refractivity (Wildman–Crippen MR) is 81.4 cm³/mol. The average molecular weight is 264 g/mol. The van der Waals surface area contributed by atoms with Crippen molar-refractivity contribution in [2.24, 2.45) is 11.3 Å². The minimum absolute atomic E-state index is 0.599. The predicted octanol–water partition coefficient (Wildman–Crippen LogP) is 3.42. The van der Waals surface area contributed by atoms with Gasteiger partial charge in [0.15, 0.2) is 0 Å². The Morgan fingerprint density at radius 1 is 1.11 bits per heavy atom. The molecular weight excluding hydrogens is 232 g/mol. The normalized spacial score (nSPS) is 26.5. The summed E-state index contributed by atoms with van der Waals surface area (Å²) in [5.41, 5.74) is 0.599. The van der Waals surface area contributed by atoms with Crippen LogP contribution in [0, 0.1) is 11.3 Å². The van der Waals surface area contributed by atoms with Crippen LogP contribution in [0.4, 0.5) is 0 Å². The topological polar surface area (TPSA) is 15.3 Å². The van der Waals surface area contributed by atoms with Gasteiger partial charge in [-0.3, -0.25) is 0 Å². The molecule has 0 radical (unpaired) electrons. The summed E-state index contributed by atoms with van der Waals surface area (Å²) in [6.07, 6.45) is 11.6. The Morgan fingerprint density at radius 2 is 1.79 bits per heavy atom. The molecule has 0 saturated heterocycles. The fourth-order valence-electron chi connectivity index (χ4n) is 3.68. The zero-order valence-corrected chi connectivity index (χ0v) is 13.0. The maximum Gasteiger partial charge on any atom is 0.00684 e. The zero-order valence-electron chi connectivity index (χ0n) is 13.0. The van der Waals surface area contributed by atoms with Crippen molar-refractivity contribution in [2.75, 3.05) is 19.6 Å². The lowest BCUT2D eigenvalue weighted by atomic mass is 9.84. The standard InChI is InChI=1S/C17H32N2/c1-14(2)19(11-15-5-6-15)13-17(9-3-4-10-17)12-18-16-7-8-16/h14-16,18H,3-13H2,1-2H3. The molecule has 19 heavy (non-hydrogen) atoms. The Bertz CT molecular complexity index is 286.